The van der Waals surface area contributed by atoms with Gasteiger partial charge in [-0.2, -0.15) is 4.39 Å². The van der Waals surface area contributed by atoms with Crippen LogP contribution in [0.25, 0.3) is 0 Å². The second kappa shape index (κ2) is 5.54. The highest BCUT2D eigenvalue weighted by atomic mass is 79.9. The maximum atomic E-state index is 13.6. The number of pyridine rings is 1. The molecular formula is C13H9BrF2N2O2. The van der Waals surface area contributed by atoms with Gasteiger partial charge in [0.05, 0.1) is 0 Å². The van der Waals surface area contributed by atoms with Gasteiger partial charge in [0, 0.05) is 10.7 Å². The average Bonchev–Trinajstić information content (AvgIpc) is 2.35. The number of primary amides is 1. The SMILES string of the molecule is Cc1ccnc(Oc2cc(Br)cc(F)c2F)c1C(N)=O. The van der Waals surface area contributed by atoms with E-state index in [0.717, 1.165) is 6.07 Å². The van der Waals surface area contributed by atoms with Crippen LogP contribution in [0.4, 0.5) is 8.78 Å². The number of aromatic nitrogens is 1. The first-order chi connectivity index (χ1) is 9.40. The highest BCUT2D eigenvalue weighted by Crippen LogP contribution is 2.30. The zero-order valence-corrected chi connectivity index (χ0v) is 11.9. The van der Waals surface area contributed by atoms with Crippen LogP contribution >= 0.6 is 15.9 Å². The Morgan fingerprint density at radius 2 is 2.10 bits per heavy atom. The largest absolute Gasteiger partial charge is 0.435 e. The number of nitrogens with zero attached hydrogens (tertiary/aromatic N) is 1. The molecule has 2 aromatic rings. The Hall–Kier alpha value is -2.02. The number of hydrogen-bond donors (Lipinski definition) is 1. The topological polar surface area (TPSA) is 65.2 Å². The summed E-state index contributed by atoms with van der Waals surface area (Å²) >= 11 is 3.02. The summed E-state index contributed by atoms with van der Waals surface area (Å²) in [5.41, 5.74) is 5.78. The summed E-state index contributed by atoms with van der Waals surface area (Å²) in [5.74, 6) is -3.58. The Morgan fingerprint density at radius 3 is 2.75 bits per heavy atom. The fourth-order valence-corrected chi connectivity index (χ4v) is 2.03. The van der Waals surface area contributed by atoms with Crippen LogP contribution in [0.2, 0.25) is 0 Å². The Kier molecular flexibility index (Phi) is 3.99. The van der Waals surface area contributed by atoms with E-state index in [1.165, 1.54) is 12.3 Å². The number of aryl methyl sites for hydroxylation is 1. The molecule has 0 aliphatic heterocycles. The number of rotatable bonds is 3. The van der Waals surface area contributed by atoms with Gasteiger partial charge in [-0.3, -0.25) is 4.79 Å². The van der Waals surface area contributed by atoms with Crippen molar-refractivity contribution in [3.8, 4) is 11.6 Å². The first-order valence-electron chi connectivity index (χ1n) is 5.48. The molecule has 0 spiro atoms. The van der Waals surface area contributed by atoms with E-state index < -0.39 is 23.3 Å². The van der Waals surface area contributed by atoms with Crippen LogP contribution in [0.5, 0.6) is 11.6 Å². The van der Waals surface area contributed by atoms with Crippen molar-refractivity contribution < 1.29 is 18.3 Å². The van der Waals surface area contributed by atoms with E-state index >= 15 is 0 Å². The van der Waals surface area contributed by atoms with Gasteiger partial charge in [-0.15, -0.1) is 0 Å². The van der Waals surface area contributed by atoms with Gasteiger partial charge >= 0.3 is 0 Å². The van der Waals surface area contributed by atoms with Crippen molar-refractivity contribution >= 4 is 21.8 Å². The summed E-state index contributed by atoms with van der Waals surface area (Å²) in [4.78, 5) is 15.2. The zero-order chi connectivity index (χ0) is 14.9. The van der Waals surface area contributed by atoms with E-state index in [1.54, 1.807) is 13.0 Å². The van der Waals surface area contributed by atoms with Crippen LogP contribution in [0.1, 0.15) is 15.9 Å². The average molecular weight is 343 g/mol. The number of nitrogens with two attached hydrogens (primary N) is 1. The van der Waals surface area contributed by atoms with Gasteiger partial charge in [0.25, 0.3) is 5.91 Å². The molecule has 104 valence electrons. The van der Waals surface area contributed by atoms with Crippen molar-refractivity contribution in [2.75, 3.05) is 0 Å². The third-order valence-corrected chi connectivity index (χ3v) is 3.00. The molecule has 0 saturated heterocycles. The number of hydrogen-bond acceptors (Lipinski definition) is 3. The molecule has 2 rings (SSSR count). The minimum Gasteiger partial charge on any atom is -0.435 e. The molecule has 7 heteroatoms. The van der Waals surface area contributed by atoms with E-state index in [9.17, 15) is 13.6 Å². The monoisotopic (exact) mass is 342 g/mol. The van der Waals surface area contributed by atoms with Crippen molar-refractivity contribution in [3.63, 3.8) is 0 Å². The maximum Gasteiger partial charge on any atom is 0.254 e. The van der Waals surface area contributed by atoms with Crippen LogP contribution in [0, 0.1) is 18.6 Å². The number of ether oxygens (including phenoxy) is 1. The molecule has 1 aromatic heterocycles. The Labute approximate surface area is 121 Å². The third-order valence-electron chi connectivity index (χ3n) is 2.54. The molecular weight excluding hydrogens is 334 g/mol. The van der Waals surface area contributed by atoms with Crippen molar-refractivity contribution in [2.24, 2.45) is 5.73 Å². The number of halogens is 3. The minimum absolute atomic E-state index is 0.0206. The fourth-order valence-electron chi connectivity index (χ4n) is 1.62. The molecule has 0 aliphatic rings. The lowest BCUT2D eigenvalue weighted by Gasteiger charge is -2.11. The summed E-state index contributed by atoms with van der Waals surface area (Å²) in [6.45, 7) is 1.63. The first kappa shape index (κ1) is 14.4. The first-order valence-corrected chi connectivity index (χ1v) is 6.27. The summed E-state index contributed by atoms with van der Waals surface area (Å²) in [6, 6.07) is 3.75. The van der Waals surface area contributed by atoms with Crippen molar-refractivity contribution in [3.05, 3.63) is 51.6 Å². The quantitative estimate of drug-likeness (QED) is 0.870. The van der Waals surface area contributed by atoms with Crippen LogP contribution in [0.3, 0.4) is 0 Å². The summed E-state index contributed by atoms with van der Waals surface area (Å²) < 4.78 is 32.4. The zero-order valence-electron chi connectivity index (χ0n) is 10.3. The number of benzene rings is 1. The molecule has 1 amide bonds. The molecule has 0 fully saturated rings. The standard InChI is InChI=1S/C13H9BrF2N2O2/c1-6-2-3-18-13(10(6)12(17)19)20-9-5-7(14)4-8(15)11(9)16/h2-5H,1H3,(H2,17,19). The second-order valence-electron chi connectivity index (χ2n) is 3.97. The fraction of sp³-hybridized carbons (Fsp3) is 0.0769. The van der Waals surface area contributed by atoms with Gasteiger partial charge in [-0.25, -0.2) is 9.37 Å². The molecule has 0 saturated carbocycles. The van der Waals surface area contributed by atoms with E-state index in [2.05, 4.69) is 20.9 Å². The van der Waals surface area contributed by atoms with E-state index in [1.807, 2.05) is 0 Å². The second-order valence-corrected chi connectivity index (χ2v) is 4.89. The molecule has 0 bridgehead atoms. The third kappa shape index (κ3) is 2.77. The Morgan fingerprint density at radius 1 is 1.40 bits per heavy atom. The molecule has 1 aromatic carbocycles. The molecule has 20 heavy (non-hydrogen) atoms. The predicted octanol–water partition coefficient (Wildman–Crippen LogP) is 3.32. The van der Waals surface area contributed by atoms with Gasteiger partial charge in [-0.05, 0) is 30.7 Å². The molecule has 4 nitrogen and oxygen atoms in total. The summed E-state index contributed by atoms with van der Waals surface area (Å²) in [5, 5.41) is 0. The Bertz CT molecular complexity index is 692. The highest BCUT2D eigenvalue weighted by Gasteiger charge is 2.18. The molecule has 0 unspecified atom stereocenters. The number of amides is 1. The van der Waals surface area contributed by atoms with Gasteiger partial charge in [0.15, 0.2) is 11.6 Å². The minimum atomic E-state index is -1.17. The predicted molar refractivity (Wildman–Crippen MR) is 71.6 cm³/mol. The summed E-state index contributed by atoms with van der Waals surface area (Å²) in [6.07, 6.45) is 1.38. The summed E-state index contributed by atoms with van der Waals surface area (Å²) in [7, 11) is 0. The van der Waals surface area contributed by atoms with E-state index in [4.69, 9.17) is 10.5 Å². The van der Waals surface area contributed by atoms with Crippen LogP contribution in [-0.4, -0.2) is 10.9 Å². The van der Waals surface area contributed by atoms with E-state index in [-0.39, 0.29) is 11.4 Å². The Balaban J connectivity index is 2.51. The van der Waals surface area contributed by atoms with Crippen LogP contribution < -0.4 is 10.5 Å². The molecule has 0 radical (unpaired) electrons. The smallest absolute Gasteiger partial charge is 0.254 e. The van der Waals surface area contributed by atoms with Gasteiger partial charge in [0.1, 0.15) is 5.56 Å². The van der Waals surface area contributed by atoms with Crippen molar-refractivity contribution in [2.45, 2.75) is 6.92 Å². The van der Waals surface area contributed by atoms with Crippen LogP contribution in [-0.2, 0) is 0 Å². The number of carbonyl (C=O) groups excluding carboxylic acids is 1. The van der Waals surface area contributed by atoms with Gasteiger partial charge in [0.2, 0.25) is 11.7 Å². The molecule has 0 aliphatic carbocycles. The van der Waals surface area contributed by atoms with Crippen LogP contribution in [0.15, 0.2) is 28.9 Å². The molecule has 2 N–H and O–H groups in total. The maximum absolute atomic E-state index is 13.6. The van der Waals surface area contributed by atoms with Gasteiger partial charge in [-0.1, -0.05) is 15.9 Å². The van der Waals surface area contributed by atoms with Crippen molar-refractivity contribution in [1.29, 1.82) is 0 Å². The lowest BCUT2D eigenvalue weighted by Crippen LogP contribution is -2.15. The lowest BCUT2D eigenvalue weighted by atomic mass is 10.1. The molecule has 1 heterocycles. The van der Waals surface area contributed by atoms with Crippen molar-refractivity contribution in [1.82, 2.24) is 4.98 Å². The lowest BCUT2D eigenvalue weighted by molar-refractivity contribution is 0.0996. The van der Waals surface area contributed by atoms with Gasteiger partial charge < -0.3 is 10.5 Å². The number of carbonyl (C=O) groups is 1. The van der Waals surface area contributed by atoms with E-state index in [0.29, 0.717) is 10.0 Å². The highest BCUT2D eigenvalue weighted by molar-refractivity contribution is 9.10. The normalized spacial score (nSPS) is 10.4. The molecule has 0 atom stereocenters.